The summed E-state index contributed by atoms with van der Waals surface area (Å²) in [6.07, 6.45) is 0.960. The van der Waals surface area contributed by atoms with Gasteiger partial charge in [-0.2, -0.15) is 0 Å². The third-order valence-corrected chi connectivity index (χ3v) is 8.42. The number of amides is 2. The van der Waals surface area contributed by atoms with E-state index in [1.54, 1.807) is 9.80 Å². The second-order valence-electron chi connectivity index (χ2n) is 11.3. The van der Waals surface area contributed by atoms with Crippen molar-refractivity contribution in [1.29, 1.82) is 0 Å². The number of hydrogen-bond acceptors (Lipinski definition) is 9. The number of anilines is 1. The lowest BCUT2D eigenvalue weighted by Crippen LogP contribution is -2.62. The van der Waals surface area contributed by atoms with Crippen LogP contribution in [0.1, 0.15) is 44.0 Å². The number of benzene rings is 1. The molecule has 1 N–H and O–H groups in total. The minimum atomic E-state index is -1.20. The van der Waals surface area contributed by atoms with Gasteiger partial charge in [-0.3, -0.25) is 9.59 Å². The quantitative estimate of drug-likeness (QED) is 0.509. The van der Waals surface area contributed by atoms with Gasteiger partial charge < -0.3 is 29.5 Å². The molecule has 0 saturated carbocycles. The Morgan fingerprint density at radius 1 is 1.24 bits per heavy atom. The summed E-state index contributed by atoms with van der Waals surface area (Å²) in [6.45, 7) is 8.76. The topological polar surface area (TPSA) is 113 Å². The van der Waals surface area contributed by atoms with Crippen LogP contribution in [0.3, 0.4) is 0 Å². The Bertz CT molecular complexity index is 1270. The van der Waals surface area contributed by atoms with E-state index in [2.05, 4.69) is 20.5 Å². The van der Waals surface area contributed by atoms with Crippen LogP contribution >= 0.6 is 0 Å². The van der Waals surface area contributed by atoms with Crippen molar-refractivity contribution in [1.82, 2.24) is 30.3 Å². The average Bonchev–Trinajstić information content (AvgIpc) is 3.33. The van der Waals surface area contributed by atoms with Crippen LogP contribution in [0.15, 0.2) is 24.5 Å². The number of hydrogen-bond donors (Lipinski definition) is 1. The monoisotopic (exact) mass is 573 g/mol. The molecular formula is C28H37F2N7O4. The molecule has 1 spiro atoms. The van der Waals surface area contributed by atoms with Gasteiger partial charge in [0.2, 0.25) is 5.91 Å². The van der Waals surface area contributed by atoms with Crippen LogP contribution in [-0.2, 0) is 9.53 Å². The van der Waals surface area contributed by atoms with Crippen molar-refractivity contribution in [3.05, 3.63) is 35.9 Å². The molecule has 3 saturated heterocycles. The zero-order chi connectivity index (χ0) is 29.3. The first-order valence-corrected chi connectivity index (χ1v) is 14.1. The van der Waals surface area contributed by atoms with Crippen LogP contribution in [0.4, 0.5) is 14.6 Å². The Labute approximate surface area is 238 Å². The molecule has 2 aromatic rings. The summed E-state index contributed by atoms with van der Waals surface area (Å²) in [7, 11) is 1.43. The first kappa shape index (κ1) is 29.1. The molecule has 3 aliphatic rings. The molecule has 0 unspecified atom stereocenters. The zero-order valence-electron chi connectivity index (χ0n) is 23.8. The third-order valence-electron chi connectivity index (χ3n) is 8.42. The van der Waals surface area contributed by atoms with Gasteiger partial charge >= 0.3 is 0 Å². The fourth-order valence-corrected chi connectivity index (χ4v) is 6.12. The van der Waals surface area contributed by atoms with E-state index in [1.807, 2.05) is 25.7 Å². The Balaban J connectivity index is 1.25. The standard InChI is InChI=1S/C28H37F2N7O4/c1-5-37(17(2)3)26(38)19-12-18(29)6-7-21(19)41-25-24(32-16-33-34-25)36-14-28(15-36)8-10-35(11-9-28)27(39)22-23(40-4)20(30)13-31-22/h6-7,12,16-17,20,22-23,31H,5,8-11,13-15H2,1-4H3/t20-,22-,23-/m0/s1. The molecule has 41 heavy (non-hydrogen) atoms. The number of likely N-dealkylation sites (tertiary alicyclic amines) is 1. The van der Waals surface area contributed by atoms with Crippen molar-refractivity contribution in [3.63, 3.8) is 0 Å². The Morgan fingerprint density at radius 2 is 1.98 bits per heavy atom. The molecule has 11 nitrogen and oxygen atoms in total. The van der Waals surface area contributed by atoms with Crippen LogP contribution in [0.25, 0.3) is 0 Å². The van der Waals surface area contributed by atoms with E-state index in [4.69, 9.17) is 9.47 Å². The molecule has 5 rings (SSSR count). The van der Waals surface area contributed by atoms with E-state index in [0.29, 0.717) is 38.5 Å². The van der Waals surface area contributed by atoms with Crippen molar-refractivity contribution in [2.24, 2.45) is 5.41 Å². The first-order valence-electron chi connectivity index (χ1n) is 14.1. The Morgan fingerprint density at radius 3 is 2.63 bits per heavy atom. The van der Waals surface area contributed by atoms with Gasteiger partial charge in [-0.1, -0.05) is 0 Å². The molecule has 222 valence electrons. The maximum Gasteiger partial charge on any atom is 0.282 e. The van der Waals surface area contributed by atoms with Crippen LogP contribution in [0, 0.1) is 11.2 Å². The number of carbonyl (C=O) groups excluding carboxylic acids is 2. The van der Waals surface area contributed by atoms with Gasteiger partial charge in [-0.05, 0) is 51.8 Å². The summed E-state index contributed by atoms with van der Waals surface area (Å²) in [6, 6.07) is 3.08. The van der Waals surface area contributed by atoms with Crippen molar-refractivity contribution in [3.8, 4) is 11.6 Å². The molecular weight excluding hydrogens is 536 g/mol. The Hall–Kier alpha value is -3.45. The van der Waals surface area contributed by atoms with Crippen LogP contribution in [0.5, 0.6) is 11.6 Å². The summed E-state index contributed by atoms with van der Waals surface area (Å²) in [5, 5.41) is 11.0. The van der Waals surface area contributed by atoms with Gasteiger partial charge in [0.15, 0.2) is 5.82 Å². The highest BCUT2D eigenvalue weighted by molar-refractivity contribution is 5.97. The average molecular weight is 574 g/mol. The van der Waals surface area contributed by atoms with Gasteiger partial charge in [-0.15, -0.1) is 10.2 Å². The first-order chi connectivity index (χ1) is 19.7. The summed E-state index contributed by atoms with van der Waals surface area (Å²) in [4.78, 5) is 36.1. The lowest BCUT2D eigenvalue weighted by Gasteiger charge is -2.54. The molecule has 3 fully saturated rings. The summed E-state index contributed by atoms with van der Waals surface area (Å²) < 4.78 is 39.5. The van der Waals surface area contributed by atoms with E-state index in [-0.39, 0.29) is 47.0 Å². The predicted molar refractivity (Wildman–Crippen MR) is 146 cm³/mol. The normalized spacial score (nSPS) is 23.5. The molecule has 0 bridgehead atoms. The van der Waals surface area contributed by atoms with Crippen molar-refractivity contribution in [2.45, 2.75) is 58.0 Å². The maximum absolute atomic E-state index is 14.2. The lowest BCUT2D eigenvalue weighted by molar-refractivity contribution is -0.139. The minimum absolute atomic E-state index is 0.00127. The van der Waals surface area contributed by atoms with E-state index >= 15 is 0 Å². The molecule has 2 amide bonds. The number of alkyl halides is 1. The second-order valence-corrected chi connectivity index (χ2v) is 11.3. The molecule has 0 aliphatic carbocycles. The van der Waals surface area contributed by atoms with Crippen LogP contribution < -0.4 is 15.0 Å². The number of nitrogens with one attached hydrogen (secondary N) is 1. The maximum atomic E-state index is 14.2. The van der Waals surface area contributed by atoms with Gasteiger partial charge in [0, 0.05) is 57.8 Å². The number of nitrogens with zero attached hydrogens (tertiary/aromatic N) is 6. The van der Waals surface area contributed by atoms with E-state index < -0.39 is 24.1 Å². The molecule has 4 heterocycles. The lowest BCUT2D eigenvalue weighted by atomic mass is 9.72. The highest BCUT2D eigenvalue weighted by atomic mass is 19.1. The molecule has 3 atom stereocenters. The molecule has 13 heteroatoms. The van der Waals surface area contributed by atoms with Crippen LogP contribution in [0.2, 0.25) is 0 Å². The van der Waals surface area contributed by atoms with Gasteiger partial charge in [0.1, 0.15) is 36.2 Å². The molecule has 3 aliphatic heterocycles. The predicted octanol–water partition coefficient (Wildman–Crippen LogP) is 2.43. The second kappa shape index (κ2) is 11.8. The summed E-state index contributed by atoms with van der Waals surface area (Å²) in [5.74, 6) is -0.226. The minimum Gasteiger partial charge on any atom is -0.434 e. The number of carbonyl (C=O) groups is 2. The summed E-state index contributed by atoms with van der Waals surface area (Å²) in [5.41, 5.74) is 0.0992. The molecule has 1 aromatic heterocycles. The van der Waals surface area contributed by atoms with Gasteiger partial charge in [-0.25, -0.2) is 13.8 Å². The SMILES string of the molecule is CCN(C(=O)c1cc(F)ccc1Oc1nncnc1N1CC2(CCN(C(=O)[C@H]3NC[C@H](F)[C@@H]3OC)CC2)C1)C(C)C. The fraction of sp³-hybridized carbons (Fsp3) is 0.607. The van der Waals surface area contributed by atoms with Gasteiger partial charge in [0.05, 0.1) is 5.56 Å². The zero-order valence-corrected chi connectivity index (χ0v) is 23.8. The van der Waals surface area contributed by atoms with Crippen LogP contribution in [-0.4, -0.2) is 108 Å². The molecule has 1 aromatic carbocycles. The third kappa shape index (κ3) is 5.69. The number of rotatable bonds is 8. The van der Waals surface area contributed by atoms with E-state index in [1.165, 1.54) is 31.6 Å². The number of halogens is 2. The largest absolute Gasteiger partial charge is 0.434 e. The number of piperidine rings is 1. The van der Waals surface area contributed by atoms with Crippen molar-refractivity contribution >= 4 is 17.6 Å². The van der Waals surface area contributed by atoms with Crippen molar-refractivity contribution in [2.75, 3.05) is 51.3 Å². The highest BCUT2D eigenvalue weighted by Crippen LogP contribution is 2.44. The smallest absolute Gasteiger partial charge is 0.282 e. The summed E-state index contributed by atoms with van der Waals surface area (Å²) >= 11 is 0. The highest BCUT2D eigenvalue weighted by Gasteiger charge is 2.49. The number of aromatic nitrogens is 3. The van der Waals surface area contributed by atoms with E-state index in [0.717, 1.165) is 12.8 Å². The number of ether oxygens (including phenoxy) is 2. The molecule has 0 radical (unpaired) electrons. The Kier molecular flexibility index (Phi) is 8.37. The van der Waals surface area contributed by atoms with E-state index in [9.17, 15) is 18.4 Å². The number of methoxy groups -OCH3 is 1. The fourth-order valence-electron chi connectivity index (χ4n) is 6.12. The van der Waals surface area contributed by atoms with Gasteiger partial charge in [0.25, 0.3) is 11.8 Å². The van der Waals surface area contributed by atoms with Crippen molar-refractivity contribution < 1.29 is 27.8 Å².